The zero-order chi connectivity index (χ0) is 15.2. The molecule has 2 aromatic rings. The van der Waals surface area contributed by atoms with Crippen LogP contribution in [0.2, 0.25) is 0 Å². The largest absolute Gasteiger partial charge is 0.466 e. The quantitative estimate of drug-likeness (QED) is 0.746. The maximum atomic E-state index is 12.1. The Morgan fingerprint density at radius 3 is 2.05 bits per heavy atom. The van der Waals surface area contributed by atoms with Gasteiger partial charge in [-0.2, -0.15) is 0 Å². The van der Waals surface area contributed by atoms with Gasteiger partial charge in [0.25, 0.3) is 0 Å². The standard InChI is InChI=1S/C19H22O2/c1-4-21-19(20)18(14(2)3)17-12-10-16(11-13-17)15-8-6-5-7-9-15/h5-14,18H,4H2,1-3H3. The van der Waals surface area contributed by atoms with Crippen LogP contribution in [0.1, 0.15) is 32.3 Å². The van der Waals surface area contributed by atoms with Crippen LogP contribution in [-0.4, -0.2) is 12.6 Å². The number of hydrogen-bond acceptors (Lipinski definition) is 2. The molecule has 0 saturated heterocycles. The van der Waals surface area contributed by atoms with Crippen LogP contribution >= 0.6 is 0 Å². The summed E-state index contributed by atoms with van der Waals surface area (Å²) in [5.74, 6) is -0.124. The number of carbonyl (C=O) groups is 1. The molecule has 2 aromatic carbocycles. The maximum absolute atomic E-state index is 12.1. The van der Waals surface area contributed by atoms with Crippen LogP contribution in [0.5, 0.6) is 0 Å². The van der Waals surface area contributed by atoms with E-state index >= 15 is 0 Å². The molecule has 0 saturated carbocycles. The fourth-order valence-electron chi connectivity index (χ4n) is 2.54. The smallest absolute Gasteiger partial charge is 0.313 e. The summed E-state index contributed by atoms with van der Waals surface area (Å²) in [5.41, 5.74) is 3.36. The molecule has 0 spiro atoms. The van der Waals surface area contributed by atoms with Crippen molar-refractivity contribution >= 4 is 5.97 Å². The minimum absolute atomic E-state index is 0.139. The molecule has 0 radical (unpaired) electrons. The summed E-state index contributed by atoms with van der Waals surface area (Å²) >= 11 is 0. The van der Waals surface area contributed by atoms with Gasteiger partial charge in [0.15, 0.2) is 0 Å². The van der Waals surface area contributed by atoms with Crippen LogP contribution in [0.3, 0.4) is 0 Å². The first-order chi connectivity index (χ1) is 10.1. The minimum Gasteiger partial charge on any atom is -0.466 e. The molecule has 0 amide bonds. The molecule has 0 aliphatic rings. The molecule has 2 nitrogen and oxygen atoms in total. The number of benzene rings is 2. The lowest BCUT2D eigenvalue weighted by molar-refractivity contribution is -0.146. The van der Waals surface area contributed by atoms with E-state index in [-0.39, 0.29) is 17.8 Å². The summed E-state index contributed by atoms with van der Waals surface area (Å²) in [4.78, 5) is 12.1. The Morgan fingerprint density at radius 1 is 0.952 bits per heavy atom. The van der Waals surface area contributed by atoms with Gasteiger partial charge < -0.3 is 4.74 Å². The molecular formula is C19H22O2. The Hall–Kier alpha value is -2.09. The second kappa shape index (κ2) is 7.07. The highest BCUT2D eigenvalue weighted by molar-refractivity contribution is 5.79. The van der Waals surface area contributed by atoms with E-state index in [1.54, 1.807) is 0 Å². The molecular weight excluding hydrogens is 260 g/mol. The van der Waals surface area contributed by atoms with Gasteiger partial charge in [0.2, 0.25) is 0 Å². The Balaban J connectivity index is 2.26. The van der Waals surface area contributed by atoms with Crippen molar-refractivity contribution in [1.29, 1.82) is 0 Å². The summed E-state index contributed by atoms with van der Waals surface area (Å²) in [7, 11) is 0. The van der Waals surface area contributed by atoms with E-state index in [0.717, 1.165) is 11.1 Å². The predicted octanol–water partition coefficient (Wildman–Crippen LogP) is 4.66. The molecule has 0 heterocycles. The van der Waals surface area contributed by atoms with Crippen molar-refractivity contribution in [1.82, 2.24) is 0 Å². The minimum atomic E-state index is -0.199. The second-order valence-corrected chi connectivity index (χ2v) is 5.46. The maximum Gasteiger partial charge on any atom is 0.313 e. The van der Waals surface area contributed by atoms with E-state index in [1.165, 1.54) is 5.56 Å². The molecule has 21 heavy (non-hydrogen) atoms. The van der Waals surface area contributed by atoms with Crippen molar-refractivity contribution in [3.63, 3.8) is 0 Å². The van der Waals surface area contributed by atoms with Gasteiger partial charge in [-0.1, -0.05) is 68.4 Å². The van der Waals surface area contributed by atoms with E-state index in [0.29, 0.717) is 6.61 Å². The molecule has 0 aliphatic carbocycles. The molecule has 1 atom stereocenters. The summed E-state index contributed by atoms with van der Waals surface area (Å²) in [5, 5.41) is 0. The van der Waals surface area contributed by atoms with Gasteiger partial charge >= 0.3 is 5.97 Å². The first kappa shape index (κ1) is 15.3. The lowest BCUT2D eigenvalue weighted by Crippen LogP contribution is -2.20. The number of carbonyl (C=O) groups excluding carboxylic acids is 1. The summed E-state index contributed by atoms with van der Waals surface area (Å²) in [6.07, 6.45) is 0. The molecule has 2 heteroatoms. The Bertz CT molecular complexity index is 570. The Kier molecular flexibility index (Phi) is 5.15. The fourth-order valence-corrected chi connectivity index (χ4v) is 2.54. The van der Waals surface area contributed by atoms with Crippen LogP contribution in [0, 0.1) is 5.92 Å². The van der Waals surface area contributed by atoms with Crippen molar-refractivity contribution in [2.24, 2.45) is 5.92 Å². The van der Waals surface area contributed by atoms with Crippen LogP contribution in [0.15, 0.2) is 54.6 Å². The van der Waals surface area contributed by atoms with E-state index in [9.17, 15) is 4.79 Å². The third-order valence-electron chi connectivity index (χ3n) is 3.58. The van der Waals surface area contributed by atoms with Gasteiger partial charge in [-0.15, -0.1) is 0 Å². The zero-order valence-corrected chi connectivity index (χ0v) is 12.9. The molecule has 2 rings (SSSR count). The molecule has 0 N–H and O–H groups in total. The SMILES string of the molecule is CCOC(=O)C(c1ccc(-c2ccccc2)cc1)C(C)C. The highest BCUT2D eigenvalue weighted by Crippen LogP contribution is 2.28. The van der Waals surface area contributed by atoms with Crippen LogP contribution in [0.25, 0.3) is 11.1 Å². The van der Waals surface area contributed by atoms with Crippen LogP contribution in [-0.2, 0) is 9.53 Å². The third kappa shape index (κ3) is 3.72. The monoisotopic (exact) mass is 282 g/mol. The van der Waals surface area contributed by atoms with Gasteiger partial charge in [0.05, 0.1) is 12.5 Å². The lowest BCUT2D eigenvalue weighted by Gasteiger charge is -2.19. The summed E-state index contributed by atoms with van der Waals surface area (Å²) in [6.45, 7) is 6.36. The molecule has 0 aromatic heterocycles. The van der Waals surface area contributed by atoms with Crippen molar-refractivity contribution in [2.75, 3.05) is 6.61 Å². The average Bonchev–Trinajstić information content (AvgIpc) is 2.49. The topological polar surface area (TPSA) is 26.3 Å². The van der Waals surface area contributed by atoms with Gasteiger partial charge in [-0.25, -0.2) is 0 Å². The van der Waals surface area contributed by atoms with Gasteiger partial charge in [-0.05, 0) is 29.5 Å². The Labute approximate surface area is 126 Å². The van der Waals surface area contributed by atoms with Crippen LogP contribution < -0.4 is 0 Å². The highest BCUT2D eigenvalue weighted by atomic mass is 16.5. The molecule has 0 aliphatic heterocycles. The normalized spacial score (nSPS) is 12.2. The number of esters is 1. The predicted molar refractivity (Wildman–Crippen MR) is 86.1 cm³/mol. The van der Waals surface area contributed by atoms with Crippen molar-refractivity contribution in [2.45, 2.75) is 26.7 Å². The number of rotatable bonds is 5. The first-order valence-corrected chi connectivity index (χ1v) is 7.45. The van der Waals surface area contributed by atoms with E-state index in [4.69, 9.17) is 4.74 Å². The number of hydrogen-bond donors (Lipinski definition) is 0. The number of ether oxygens (including phenoxy) is 1. The molecule has 0 fully saturated rings. The molecule has 110 valence electrons. The van der Waals surface area contributed by atoms with Gasteiger partial charge in [-0.3, -0.25) is 4.79 Å². The fraction of sp³-hybridized carbons (Fsp3) is 0.316. The summed E-state index contributed by atoms with van der Waals surface area (Å²) < 4.78 is 5.20. The zero-order valence-electron chi connectivity index (χ0n) is 12.9. The average molecular weight is 282 g/mol. The van der Waals surface area contributed by atoms with Crippen molar-refractivity contribution in [3.8, 4) is 11.1 Å². The van der Waals surface area contributed by atoms with Gasteiger partial charge in [0, 0.05) is 0 Å². The second-order valence-electron chi connectivity index (χ2n) is 5.46. The van der Waals surface area contributed by atoms with E-state index < -0.39 is 0 Å². The van der Waals surface area contributed by atoms with Gasteiger partial charge in [0.1, 0.15) is 0 Å². The van der Waals surface area contributed by atoms with Crippen LogP contribution in [0.4, 0.5) is 0 Å². The van der Waals surface area contributed by atoms with E-state index in [2.05, 4.69) is 24.3 Å². The highest BCUT2D eigenvalue weighted by Gasteiger charge is 2.25. The Morgan fingerprint density at radius 2 is 1.52 bits per heavy atom. The lowest BCUT2D eigenvalue weighted by atomic mass is 9.87. The van der Waals surface area contributed by atoms with Crippen molar-refractivity contribution < 1.29 is 9.53 Å². The van der Waals surface area contributed by atoms with Crippen molar-refractivity contribution in [3.05, 3.63) is 60.2 Å². The first-order valence-electron chi connectivity index (χ1n) is 7.45. The summed E-state index contributed by atoms with van der Waals surface area (Å²) in [6, 6.07) is 18.4. The molecule has 0 bridgehead atoms. The molecule has 1 unspecified atom stereocenters. The third-order valence-corrected chi connectivity index (χ3v) is 3.58. The van der Waals surface area contributed by atoms with E-state index in [1.807, 2.05) is 51.1 Å².